The van der Waals surface area contributed by atoms with Crippen LogP contribution in [0.3, 0.4) is 0 Å². The van der Waals surface area contributed by atoms with Crippen LogP contribution in [0.2, 0.25) is 0 Å². The number of nitrogens with one attached hydrogen (secondary N) is 2. The molecule has 0 atom stereocenters. The normalized spacial score (nSPS) is 12.8. The Kier molecular flexibility index (Phi) is 6.35. The Labute approximate surface area is 184 Å². The van der Waals surface area contributed by atoms with E-state index >= 15 is 0 Å². The molecule has 9 nitrogen and oxygen atoms in total. The highest BCUT2D eigenvalue weighted by atomic mass is 16.3. The van der Waals surface area contributed by atoms with E-state index in [4.69, 9.17) is 9.90 Å². The summed E-state index contributed by atoms with van der Waals surface area (Å²) in [6, 6.07) is 17.7. The lowest BCUT2D eigenvalue weighted by Gasteiger charge is -2.21. The molecular formula is C23H22N6O3. The third-order valence-corrected chi connectivity index (χ3v) is 5.38. The lowest BCUT2D eigenvalue weighted by molar-refractivity contribution is -0.122. The number of benzene rings is 2. The Hall–Kier alpha value is -4.27. The van der Waals surface area contributed by atoms with Gasteiger partial charge in [-0.25, -0.2) is 4.98 Å². The molecule has 0 saturated carbocycles. The van der Waals surface area contributed by atoms with Gasteiger partial charge in [0.15, 0.2) is 5.82 Å². The summed E-state index contributed by atoms with van der Waals surface area (Å²) in [5.41, 5.74) is 5.80. The highest BCUT2D eigenvalue weighted by molar-refractivity contribution is 6.00. The van der Waals surface area contributed by atoms with Gasteiger partial charge in [0.25, 0.3) is 12.4 Å². The van der Waals surface area contributed by atoms with Crippen LogP contribution >= 0.6 is 0 Å². The Balaban J connectivity index is 0.000000775. The van der Waals surface area contributed by atoms with Gasteiger partial charge in [-0.15, -0.1) is 0 Å². The maximum absolute atomic E-state index is 13.3. The van der Waals surface area contributed by atoms with Crippen molar-refractivity contribution < 1.29 is 14.7 Å². The highest BCUT2D eigenvalue weighted by Crippen LogP contribution is 2.28. The number of aromatic nitrogens is 5. The van der Waals surface area contributed by atoms with E-state index in [1.165, 1.54) is 11.9 Å². The van der Waals surface area contributed by atoms with Crippen LogP contribution in [0.5, 0.6) is 0 Å². The first kappa shape index (κ1) is 21.0. The third-order valence-electron chi connectivity index (χ3n) is 5.38. The lowest BCUT2D eigenvalue weighted by Crippen LogP contribution is -2.33. The standard InChI is InChI=1S/C22H20N6O.CH2O2/c29-22(17-9-5-4-8-16(17)21-23-14-24-27-21)28-12-10-18-19(11-13-28)25-26-20(18)15-6-2-1-3-7-15;2-1-3/h1-9,14H,10-13H2,(H,25,26)(H,23,24,27);1H,(H,2,3). The minimum absolute atomic E-state index is 0.0105. The van der Waals surface area contributed by atoms with Crippen molar-refractivity contribution in [2.24, 2.45) is 0 Å². The number of carboxylic acid groups (broad SMARTS) is 1. The van der Waals surface area contributed by atoms with Gasteiger partial charge in [-0.3, -0.25) is 19.8 Å². The molecule has 4 aromatic rings. The highest BCUT2D eigenvalue weighted by Gasteiger charge is 2.25. The molecule has 1 aliphatic rings. The summed E-state index contributed by atoms with van der Waals surface area (Å²) in [7, 11) is 0. The van der Waals surface area contributed by atoms with Gasteiger partial charge >= 0.3 is 0 Å². The first-order chi connectivity index (χ1) is 15.7. The largest absolute Gasteiger partial charge is 0.483 e. The zero-order chi connectivity index (χ0) is 22.3. The number of carbonyl (C=O) groups excluding carboxylic acids is 1. The van der Waals surface area contributed by atoms with Gasteiger partial charge in [0, 0.05) is 41.9 Å². The van der Waals surface area contributed by atoms with Crippen LogP contribution in [-0.2, 0) is 17.6 Å². The van der Waals surface area contributed by atoms with E-state index < -0.39 is 0 Å². The van der Waals surface area contributed by atoms with Crippen LogP contribution in [0.25, 0.3) is 22.6 Å². The predicted molar refractivity (Wildman–Crippen MR) is 118 cm³/mol. The summed E-state index contributed by atoms with van der Waals surface area (Å²) in [5.74, 6) is 0.612. The molecule has 162 valence electrons. The summed E-state index contributed by atoms with van der Waals surface area (Å²) in [5, 5.41) is 21.4. The van der Waals surface area contributed by atoms with E-state index in [1.54, 1.807) is 0 Å². The van der Waals surface area contributed by atoms with Crippen molar-refractivity contribution in [3.63, 3.8) is 0 Å². The zero-order valence-electron chi connectivity index (χ0n) is 17.2. The fourth-order valence-corrected chi connectivity index (χ4v) is 3.90. The van der Waals surface area contributed by atoms with Crippen molar-refractivity contribution in [2.75, 3.05) is 13.1 Å². The molecule has 0 aliphatic carbocycles. The van der Waals surface area contributed by atoms with Crippen molar-refractivity contribution >= 4 is 12.4 Å². The average Bonchev–Trinajstić information content (AvgIpc) is 3.46. The van der Waals surface area contributed by atoms with Crippen LogP contribution in [0.1, 0.15) is 21.6 Å². The number of hydrogen-bond donors (Lipinski definition) is 3. The fraction of sp³-hybridized carbons (Fsp3) is 0.174. The van der Waals surface area contributed by atoms with Gasteiger partial charge in [-0.2, -0.15) is 10.2 Å². The molecule has 3 heterocycles. The monoisotopic (exact) mass is 430 g/mol. The first-order valence-corrected chi connectivity index (χ1v) is 10.2. The molecule has 2 aromatic carbocycles. The summed E-state index contributed by atoms with van der Waals surface area (Å²) < 4.78 is 0. The minimum atomic E-state index is -0.250. The van der Waals surface area contributed by atoms with Crippen molar-refractivity contribution in [1.29, 1.82) is 0 Å². The molecule has 5 rings (SSSR count). The maximum atomic E-state index is 13.3. The molecule has 0 saturated heterocycles. The van der Waals surface area contributed by atoms with Crippen molar-refractivity contribution in [2.45, 2.75) is 12.8 Å². The average molecular weight is 430 g/mol. The summed E-state index contributed by atoms with van der Waals surface area (Å²) in [6.45, 7) is 1.04. The van der Waals surface area contributed by atoms with E-state index in [-0.39, 0.29) is 12.4 Å². The SMILES string of the molecule is O=C(c1ccccc1-c1ncn[nH]1)N1CCc2[nH]nc(-c3ccccc3)c2CC1.O=CO. The number of amides is 1. The molecule has 2 aromatic heterocycles. The minimum Gasteiger partial charge on any atom is -0.483 e. The Morgan fingerprint density at radius 2 is 1.72 bits per heavy atom. The zero-order valence-corrected chi connectivity index (χ0v) is 17.2. The second kappa shape index (κ2) is 9.69. The molecule has 32 heavy (non-hydrogen) atoms. The van der Waals surface area contributed by atoms with E-state index in [0.717, 1.165) is 35.4 Å². The molecule has 9 heteroatoms. The van der Waals surface area contributed by atoms with E-state index in [0.29, 0.717) is 24.5 Å². The van der Waals surface area contributed by atoms with Crippen LogP contribution in [-0.4, -0.2) is 60.9 Å². The molecule has 0 bridgehead atoms. The molecule has 1 aliphatic heterocycles. The van der Waals surface area contributed by atoms with Crippen molar-refractivity contribution in [3.8, 4) is 22.6 Å². The van der Waals surface area contributed by atoms with E-state index in [1.807, 2.05) is 47.4 Å². The molecule has 3 N–H and O–H groups in total. The Bertz CT molecular complexity index is 1190. The molecule has 0 spiro atoms. The van der Waals surface area contributed by atoms with Gasteiger partial charge in [-0.1, -0.05) is 48.5 Å². The number of rotatable bonds is 3. The topological polar surface area (TPSA) is 128 Å². The second-order valence-corrected chi connectivity index (χ2v) is 7.17. The van der Waals surface area contributed by atoms with Crippen LogP contribution in [0.15, 0.2) is 60.9 Å². The predicted octanol–water partition coefficient (Wildman–Crippen LogP) is 2.80. The van der Waals surface area contributed by atoms with Gasteiger partial charge in [0.05, 0.1) is 11.3 Å². The third kappa shape index (κ3) is 4.27. The van der Waals surface area contributed by atoms with Crippen LogP contribution < -0.4 is 0 Å². The Morgan fingerprint density at radius 1 is 1.00 bits per heavy atom. The maximum Gasteiger partial charge on any atom is 0.290 e. The molecular weight excluding hydrogens is 408 g/mol. The fourth-order valence-electron chi connectivity index (χ4n) is 3.90. The summed E-state index contributed by atoms with van der Waals surface area (Å²) in [4.78, 5) is 27.8. The number of H-pyrrole nitrogens is 2. The molecule has 1 amide bonds. The van der Waals surface area contributed by atoms with Crippen molar-refractivity contribution in [3.05, 3.63) is 77.7 Å². The van der Waals surface area contributed by atoms with Gasteiger partial charge in [0.1, 0.15) is 6.33 Å². The summed E-state index contributed by atoms with van der Waals surface area (Å²) in [6.07, 6.45) is 2.98. The molecule has 0 fully saturated rings. The Morgan fingerprint density at radius 3 is 2.47 bits per heavy atom. The second-order valence-electron chi connectivity index (χ2n) is 7.17. The van der Waals surface area contributed by atoms with Crippen LogP contribution in [0, 0.1) is 0 Å². The molecule has 0 unspecified atom stereocenters. The van der Waals surface area contributed by atoms with Gasteiger partial charge in [0.2, 0.25) is 0 Å². The van der Waals surface area contributed by atoms with Crippen LogP contribution in [0.4, 0.5) is 0 Å². The smallest absolute Gasteiger partial charge is 0.290 e. The summed E-state index contributed by atoms with van der Waals surface area (Å²) >= 11 is 0. The number of carbonyl (C=O) groups is 2. The number of hydrogen-bond acceptors (Lipinski definition) is 5. The number of fused-ring (bicyclic) bond motifs is 1. The van der Waals surface area contributed by atoms with Gasteiger partial charge in [-0.05, 0) is 12.5 Å². The quantitative estimate of drug-likeness (QED) is 0.429. The van der Waals surface area contributed by atoms with E-state index in [2.05, 4.69) is 37.5 Å². The lowest BCUT2D eigenvalue weighted by atomic mass is 10.0. The molecule has 0 radical (unpaired) electrons. The first-order valence-electron chi connectivity index (χ1n) is 10.2. The number of nitrogens with zero attached hydrogens (tertiary/aromatic N) is 4. The number of aromatic amines is 2. The van der Waals surface area contributed by atoms with Gasteiger partial charge < -0.3 is 10.0 Å². The van der Waals surface area contributed by atoms with Crippen molar-refractivity contribution in [1.82, 2.24) is 30.3 Å². The van der Waals surface area contributed by atoms with E-state index in [9.17, 15) is 4.79 Å².